The van der Waals surface area contributed by atoms with E-state index in [4.69, 9.17) is 14.6 Å². The van der Waals surface area contributed by atoms with Crippen molar-refractivity contribution < 1.29 is 14.6 Å². The van der Waals surface area contributed by atoms with Crippen molar-refractivity contribution >= 4 is 0 Å². The Hall–Kier alpha value is -1.30. The van der Waals surface area contributed by atoms with Gasteiger partial charge >= 0.3 is 0 Å². The topological polar surface area (TPSA) is 54.0 Å². The van der Waals surface area contributed by atoms with Gasteiger partial charge in [-0.25, -0.2) is 0 Å². The van der Waals surface area contributed by atoms with Crippen LogP contribution in [0.4, 0.5) is 0 Å². The van der Waals surface area contributed by atoms with E-state index >= 15 is 0 Å². The molecule has 0 aromatic heterocycles. The maximum absolute atomic E-state index is 9.03. The van der Waals surface area contributed by atoms with E-state index < -0.39 is 0 Å². The van der Waals surface area contributed by atoms with Crippen molar-refractivity contribution in [3.05, 3.63) is 23.3 Å². The van der Waals surface area contributed by atoms with Crippen LogP contribution in [0.25, 0.3) is 0 Å². The van der Waals surface area contributed by atoms with Gasteiger partial charge in [-0.1, -0.05) is 0 Å². The minimum absolute atomic E-state index is 0.251. The Bertz CT molecular complexity index is 556. The highest BCUT2D eigenvalue weighted by Crippen LogP contribution is 2.36. The summed E-state index contributed by atoms with van der Waals surface area (Å²) in [5, 5.41) is 12.7. The standard InChI is InChI=1S/C20H32N2O3/c1-3-24-19-11-17-10-15(2)25-20(17)18(12-19)14-21-13-16-4-6-22(7-5-16)8-9-23/h11-12,15-16,21,23H,3-10,13-14H2,1-2H3/t15-/m1/s1. The van der Waals surface area contributed by atoms with E-state index in [9.17, 15) is 0 Å². The third kappa shape index (κ3) is 4.87. The Morgan fingerprint density at radius 3 is 2.84 bits per heavy atom. The van der Waals surface area contributed by atoms with Gasteiger partial charge in [-0.05, 0) is 64.4 Å². The lowest BCUT2D eigenvalue weighted by atomic mass is 9.96. The Balaban J connectivity index is 1.53. The Morgan fingerprint density at radius 1 is 1.32 bits per heavy atom. The summed E-state index contributed by atoms with van der Waals surface area (Å²) >= 11 is 0. The summed E-state index contributed by atoms with van der Waals surface area (Å²) in [5.41, 5.74) is 2.48. The Morgan fingerprint density at radius 2 is 2.12 bits per heavy atom. The van der Waals surface area contributed by atoms with Crippen molar-refractivity contribution in [1.29, 1.82) is 0 Å². The van der Waals surface area contributed by atoms with Gasteiger partial charge in [0.1, 0.15) is 17.6 Å². The molecule has 0 spiro atoms. The third-order valence-corrected chi connectivity index (χ3v) is 5.23. The Labute approximate surface area is 151 Å². The van der Waals surface area contributed by atoms with Crippen LogP contribution in [-0.4, -0.2) is 55.5 Å². The van der Waals surface area contributed by atoms with Gasteiger partial charge in [0.15, 0.2) is 0 Å². The number of aliphatic hydroxyl groups excluding tert-OH is 1. The van der Waals surface area contributed by atoms with Gasteiger partial charge in [0.05, 0.1) is 13.2 Å². The van der Waals surface area contributed by atoms with Crippen LogP contribution in [0.15, 0.2) is 12.1 Å². The number of likely N-dealkylation sites (tertiary alicyclic amines) is 1. The van der Waals surface area contributed by atoms with E-state index in [0.29, 0.717) is 6.61 Å². The SMILES string of the molecule is CCOc1cc(CNCC2CCN(CCO)CC2)c2c(c1)C[C@@H](C)O2. The number of β-amino-alcohol motifs (C(OH)–C–C–N with tert-alkyl or cyclic N) is 1. The van der Waals surface area contributed by atoms with E-state index in [1.807, 2.05) is 6.92 Å². The number of hydrogen-bond acceptors (Lipinski definition) is 5. The number of nitrogens with one attached hydrogen (secondary N) is 1. The summed E-state index contributed by atoms with van der Waals surface area (Å²) in [4.78, 5) is 2.35. The van der Waals surface area contributed by atoms with Crippen LogP contribution in [0.5, 0.6) is 11.5 Å². The van der Waals surface area contributed by atoms with Gasteiger partial charge in [0.2, 0.25) is 0 Å². The molecule has 2 aliphatic rings. The molecule has 2 heterocycles. The maximum atomic E-state index is 9.03. The second kappa shape index (κ2) is 8.88. The summed E-state index contributed by atoms with van der Waals surface area (Å²) in [6.07, 6.45) is 3.63. The molecule has 5 nitrogen and oxygen atoms in total. The van der Waals surface area contributed by atoms with Crippen LogP contribution < -0.4 is 14.8 Å². The molecule has 0 radical (unpaired) electrons. The van der Waals surface area contributed by atoms with Crippen molar-refractivity contribution in [3.63, 3.8) is 0 Å². The molecular weight excluding hydrogens is 316 g/mol. The lowest BCUT2D eigenvalue weighted by Gasteiger charge is -2.31. The summed E-state index contributed by atoms with van der Waals surface area (Å²) in [6, 6.07) is 4.25. The van der Waals surface area contributed by atoms with Gasteiger partial charge in [0, 0.05) is 30.6 Å². The first-order chi connectivity index (χ1) is 12.2. The molecule has 0 amide bonds. The normalized spacial score (nSPS) is 21.2. The van der Waals surface area contributed by atoms with Crippen molar-refractivity contribution in [3.8, 4) is 11.5 Å². The van der Waals surface area contributed by atoms with Gasteiger partial charge < -0.3 is 24.8 Å². The molecule has 1 aromatic carbocycles. The third-order valence-electron chi connectivity index (χ3n) is 5.23. The van der Waals surface area contributed by atoms with E-state index in [-0.39, 0.29) is 12.7 Å². The molecule has 5 heteroatoms. The molecule has 25 heavy (non-hydrogen) atoms. The summed E-state index contributed by atoms with van der Waals surface area (Å²) in [5.74, 6) is 2.73. The van der Waals surface area contributed by atoms with Gasteiger partial charge in [0.25, 0.3) is 0 Å². The predicted molar refractivity (Wildman–Crippen MR) is 99.4 cm³/mol. The second-order valence-corrected chi connectivity index (χ2v) is 7.28. The van der Waals surface area contributed by atoms with Crippen LogP contribution in [0.3, 0.4) is 0 Å². The largest absolute Gasteiger partial charge is 0.494 e. The smallest absolute Gasteiger partial charge is 0.127 e. The number of aliphatic hydroxyl groups is 1. The fourth-order valence-corrected chi connectivity index (χ4v) is 3.93. The summed E-state index contributed by atoms with van der Waals surface area (Å²) in [6.45, 7) is 9.97. The average Bonchev–Trinajstić information content (AvgIpc) is 2.97. The fourth-order valence-electron chi connectivity index (χ4n) is 3.93. The van der Waals surface area contributed by atoms with Crippen LogP contribution in [-0.2, 0) is 13.0 Å². The van der Waals surface area contributed by atoms with Crippen molar-refractivity contribution in [2.45, 2.75) is 45.8 Å². The first-order valence-electron chi connectivity index (χ1n) is 9.68. The second-order valence-electron chi connectivity index (χ2n) is 7.28. The lowest BCUT2D eigenvalue weighted by molar-refractivity contribution is 0.146. The predicted octanol–water partition coefficient (Wildman–Crippen LogP) is 2.20. The van der Waals surface area contributed by atoms with E-state index in [0.717, 1.165) is 56.6 Å². The molecule has 3 rings (SSSR count). The quantitative estimate of drug-likeness (QED) is 0.754. The Kier molecular flexibility index (Phi) is 6.57. The number of benzene rings is 1. The highest BCUT2D eigenvalue weighted by atomic mass is 16.5. The maximum Gasteiger partial charge on any atom is 0.127 e. The molecule has 1 fully saturated rings. The number of ether oxygens (including phenoxy) is 2. The molecule has 0 unspecified atom stereocenters. The minimum Gasteiger partial charge on any atom is -0.494 e. The highest BCUT2D eigenvalue weighted by Gasteiger charge is 2.24. The molecule has 140 valence electrons. The molecular formula is C20H32N2O3. The number of hydrogen-bond donors (Lipinski definition) is 2. The molecule has 0 aliphatic carbocycles. The van der Waals surface area contributed by atoms with Crippen LogP contribution >= 0.6 is 0 Å². The zero-order valence-corrected chi connectivity index (χ0v) is 15.6. The monoisotopic (exact) mass is 348 g/mol. The van der Waals surface area contributed by atoms with Crippen molar-refractivity contribution in [1.82, 2.24) is 10.2 Å². The zero-order valence-electron chi connectivity index (χ0n) is 15.6. The minimum atomic E-state index is 0.251. The zero-order chi connectivity index (χ0) is 17.6. The van der Waals surface area contributed by atoms with E-state index in [1.165, 1.54) is 24.0 Å². The lowest BCUT2D eigenvalue weighted by Crippen LogP contribution is -2.38. The molecule has 1 saturated heterocycles. The van der Waals surface area contributed by atoms with Gasteiger partial charge in [-0.3, -0.25) is 0 Å². The highest BCUT2D eigenvalue weighted by molar-refractivity contribution is 5.49. The summed E-state index contributed by atoms with van der Waals surface area (Å²) in [7, 11) is 0. The average molecular weight is 348 g/mol. The van der Waals surface area contributed by atoms with Crippen LogP contribution in [0, 0.1) is 5.92 Å². The van der Waals surface area contributed by atoms with Crippen molar-refractivity contribution in [2.75, 3.05) is 39.4 Å². The molecule has 0 bridgehead atoms. The number of piperidine rings is 1. The first-order valence-corrected chi connectivity index (χ1v) is 9.68. The van der Waals surface area contributed by atoms with Gasteiger partial charge in [-0.2, -0.15) is 0 Å². The van der Waals surface area contributed by atoms with E-state index in [1.54, 1.807) is 0 Å². The van der Waals surface area contributed by atoms with Gasteiger partial charge in [-0.15, -0.1) is 0 Å². The first kappa shape index (κ1) is 18.5. The number of fused-ring (bicyclic) bond motifs is 1. The number of rotatable bonds is 8. The fraction of sp³-hybridized carbons (Fsp3) is 0.700. The molecule has 1 atom stereocenters. The molecule has 1 aromatic rings. The number of nitrogens with zero attached hydrogens (tertiary/aromatic N) is 1. The van der Waals surface area contributed by atoms with Crippen molar-refractivity contribution in [2.24, 2.45) is 5.92 Å². The van der Waals surface area contributed by atoms with Crippen LogP contribution in [0.2, 0.25) is 0 Å². The van der Waals surface area contributed by atoms with E-state index in [2.05, 4.69) is 29.3 Å². The molecule has 2 N–H and O–H groups in total. The molecule has 2 aliphatic heterocycles. The summed E-state index contributed by atoms with van der Waals surface area (Å²) < 4.78 is 11.8. The van der Waals surface area contributed by atoms with Crippen LogP contribution in [0.1, 0.15) is 37.8 Å². The molecule has 0 saturated carbocycles.